The number of rotatable bonds is 4. The van der Waals surface area contributed by atoms with E-state index in [1.165, 1.54) is 0 Å². The van der Waals surface area contributed by atoms with Gasteiger partial charge in [-0.1, -0.05) is 30.3 Å². The Morgan fingerprint density at radius 2 is 2.12 bits per heavy atom. The predicted octanol–water partition coefficient (Wildman–Crippen LogP) is 3.49. The molecule has 6 heteroatoms. The number of aromatic nitrogens is 3. The number of thiazole rings is 1. The molecule has 0 aliphatic carbocycles. The highest BCUT2D eigenvalue weighted by Crippen LogP contribution is 2.34. The van der Waals surface area contributed by atoms with Gasteiger partial charge in [-0.15, -0.1) is 11.3 Å². The first kappa shape index (κ1) is 16.3. The number of nitrogens with zero attached hydrogens (tertiary/aromatic N) is 4. The van der Waals surface area contributed by atoms with Gasteiger partial charge in [0.2, 0.25) is 0 Å². The van der Waals surface area contributed by atoms with Crippen molar-refractivity contribution in [3.63, 3.8) is 0 Å². The van der Waals surface area contributed by atoms with Crippen molar-refractivity contribution in [1.82, 2.24) is 14.5 Å². The van der Waals surface area contributed by atoms with Gasteiger partial charge in [0.1, 0.15) is 11.9 Å². The van der Waals surface area contributed by atoms with Crippen LogP contribution in [0.1, 0.15) is 24.8 Å². The molecule has 1 aliphatic heterocycles. The number of aryl methyl sites for hydroxylation is 1. The second-order valence-electron chi connectivity index (χ2n) is 6.57. The Morgan fingerprint density at radius 3 is 2.88 bits per heavy atom. The molecule has 0 spiro atoms. The number of imidazole rings is 1. The fourth-order valence-electron chi connectivity index (χ4n) is 3.47. The summed E-state index contributed by atoms with van der Waals surface area (Å²) in [6, 6.07) is 10.3. The van der Waals surface area contributed by atoms with Crippen LogP contribution in [-0.4, -0.2) is 32.7 Å². The number of aliphatic hydroxyl groups excluding tert-OH is 1. The van der Waals surface area contributed by atoms with Crippen LogP contribution in [0.25, 0.3) is 11.3 Å². The van der Waals surface area contributed by atoms with Crippen LogP contribution in [0.15, 0.2) is 48.1 Å². The molecule has 0 saturated carbocycles. The van der Waals surface area contributed by atoms with Gasteiger partial charge in [0, 0.05) is 49.4 Å². The molecule has 1 saturated heterocycles. The summed E-state index contributed by atoms with van der Waals surface area (Å²) in [5.41, 5.74) is 2.17. The molecule has 3 heterocycles. The van der Waals surface area contributed by atoms with E-state index in [-0.39, 0.29) is 5.92 Å². The summed E-state index contributed by atoms with van der Waals surface area (Å²) in [4.78, 5) is 11.4. The summed E-state index contributed by atoms with van der Waals surface area (Å²) in [7, 11) is 1.93. The lowest BCUT2D eigenvalue weighted by Crippen LogP contribution is -2.38. The summed E-state index contributed by atoms with van der Waals surface area (Å²) < 4.78 is 1.90. The average Bonchev–Trinajstić information content (AvgIpc) is 3.31. The highest BCUT2D eigenvalue weighted by atomic mass is 32.1. The van der Waals surface area contributed by atoms with Crippen LogP contribution in [0.2, 0.25) is 0 Å². The minimum atomic E-state index is -0.531. The number of piperidine rings is 1. The molecule has 0 bridgehead atoms. The molecule has 130 valence electrons. The Kier molecular flexibility index (Phi) is 4.55. The summed E-state index contributed by atoms with van der Waals surface area (Å²) in [6.45, 7) is 1.81. The van der Waals surface area contributed by atoms with Crippen molar-refractivity contribution in [2.24, 2.45) is 13.0 Å². The first-order valence-electron chi connectivity index (χ1n) is 8.63. The van der Waals surface area contributed by atoms with Gasteiger partial charge in [-0.2, -0.15) is 0 Å². The molecule has 1 fully saturated rings. The molecular weight excluding hydrogens is 332 g/mol. The van der Waals surface area contributed by atoms with E-state index < -0.39 is 6.10 Å². The zero-order valence-electron chi connectivity index (χ0n) is 14.2. The minimum absolute atomic E-state index is 0.180. The van der Waals surface area contributed by atoms with Crippen molar-refractivity contribution in [3.05, 3.63) is 53.9 Å². The van der Waals surface area contributed by atoms with E-state index in [1.54, 1.807) is 17.5 Å². The average molecular weight is 354 g/mol. The van der Waals surface area contributed by atoms with Crippen molar-refractivity contribution in [2.75, 3.05) is 18.0 Å². The van der Waals surface area contributed by atoms with E-state index in [9.17, 15) is 5.11 Å². The summed E-state index contributed by atoms with van der Waals surface area (Å²) in [5.74, 6) is 0.926. The first-order chi connectivity index (χ1) is 12.2. The Hall–Kier alpha value is -2.18. The van der Waals surface area contributed by atoms with Crippen LogP contribution >= 0.6 is 11.3 Å². The van der Waals surface area contributed by atoms with Gasteiger partial charge in [0.25, 0.3) is 0 Å². The summed E-state index contributed by atoms with van der Waals surface area (Å²) >= 11 is 1.68. The van der Waals surface area contributed by atoms with Crippen molar-refractivity contribution in [1.29, 1.82) is 0 Å². The third-order valence-corrected chi connectivity index (χ3v) is 5.76. The first-order valence-corrected chi connectivity index (χ1v) is 9.51. The number of hydrogen-bond donors (Lipinski definition) is 1. The quantitative estimate of drug-likeness (QED) is 0.779. The number of aliphatic hydroxyl groups is 1. The van der Waals surface area contributed by atoms with Gasteiger partial charge in [-0.3, -0.25) is 0 Å². The molecular formula is C19H22N4OS. The second kappa shape index (κ2) is 6.98. The van der Waals surface area contributed by atoms with Crippen molar-refractivity contribution >= 4 is 16.5 Å². The number of hydrogen-bond acceptors (Lipinski definition) is 5. The molecule has 2 unspecified atom stereocenters. The Morgan fingerprint density at radius 1 is 1.28 bits per heavy atom. The minimum Gasteiger partial charge on any atom is -0.385 e. The van der Waals surface area contributed by atoms with E-state index in [2.05, 4.69) is 27.4 Å². The molecule has 0 radical (unpaired) electrons. The maximum atomic E-state index is 10.7. The maximum Gasteiger partial charge on any atom is 0.185 e. The zero-order chi connectivity index (χ0) is 17.2. The van der Waals surface area contributed by atoms with Gasteiger partial charge in [0.05, 0.1) is 5.69 Å². The monoisotopic (exact) mass is 354 g/mol. The molecule has 4 rings (SSSR count). The zero-order valence-corrected chi connectivity index (χ0v) is 15.1. The molecule has 1 N–H and O–H groups in total. The van der Waals surface area contributed by atoms with E-state index in [1.807, 2.05) is 36.0 Å². The number of benzene rings is 1. The third kappa shape index (κ3) is 3.32. The van der Waals surface area contributed by atoms with Crippen LogP contribution in [0.5, 0.6) is 0 Å². The van der Waals surface area contributed by atoms with Crippen molar-refractivity contribution in [3.8, 4) is 11.3 Å². The molecule has 3 aromatic rings. The number of anilines is 1. The highest BCUT2D eigenvalue weighted by molar-refractivity contribution is 7.14. The molecule has 2 aromatic heterocycles. The standard InChI is InChI=1S/C19H22N4OS/c1-22-11-9-20-18(22)17(24)15-8-5-10-23(12-15)19-21-16(13-25-19)14-6-3-2-4-7-14/h2-4,6-7,9,11,13,15,17,24H,5,8,10,12H2,1H3. The second-order valence-corrected chi connectivity index (χ2v) is 7.41. The molecule has 0 amide bonds. The van der Waals surface area contributed by atoms with Gasteiger partial charge in [-0.05, 0) is 12.8 Å². The molecule has 2 atom stereocenters. The van der Waals surface area contributed by atoms with E-state index in [0.717, 1.165) is 48.1 Å². The topological polar surface area (TPSA) is 54.2 Å². The largest absolute Gasteiger partial charge is 0.385 e. The van der Waals surface area contributed by atoms with Crippen LogP contribution in [-0.2, 0) is 7.05 Å². The van der Waals surface area contributed by atoms with E-state index in [0.29, 0.717) is 0 Å². The maximum absolute atomic E-state index is 10.7. The van der Waals surface area contributed by atoms with E-state index in [4.69, 9.17) is 4.98 Å². The molecule has 5 nitrogen and oxygen atoms in total. The molecule has 1 aromatic carbocycles. The van der Waals surface area contributed by atoms with Crippen LogP contribution in [0.4, 0.5) is 5.13 Å². The lowest BCUT2D eigenvalue weighted by molar-refractivity contribution is 0.0875. The summed E-state index contributed by atoms with van der Waals surface area (Å²) in [6.07, 6.45) is 5.17. The van der Waals surface area contributed by atoms with Crippen molar-refractivity contribution in [2.45, 2.75) is 18.9 Å². The van der Waals surface area contributed by atoms with Crippen molar-refractivity contribution < 1.29 is 5.11 Å². The smallest absolute Gasteiger partial charge is 0.185 e. The lowest BCUT2D eigenvalue weighted by atomic mass is 9.92. The van der Waals surface area contributed by atoms with E-state index >= 15 is 0 Å². The Bertz CT molecular complexity index is 829. The van der Waals surface area contributed by atoms with Gasteiger partial charge in [0.15, 0.2) is 5.13 Å². The Labute approximate surface area is 151 Å². The van der Waals surface area contributed by atoms with Gasteiger partial charge in [-0.25, -0.2) is 9.97 Å². The third-order valence-electron chi connectivity index (χ3n) is 4.86. The fourth-order valence-corrected chi connectivity index (χ4v) is 4.34. The Balaban J connectivity index is 1.50. The van der Waals surface area contributed by atoms with Crippen LogP contribution in [0, 0.1) is 5.92 Å². The van der Waals surface area contributed by atoms with Gasteiger partial charge >= 0.3 is 0 Å². The normalized spacial score (nSPS) is 19.1. The lowest BCUT2D eigenvalue weighted by Gasteiger charge is -2.34. The summed E-state index contributed by atoms with van der Waals surface area (Å²) in [5, 5.41) is 13.9. The fraction of sp³-hybridized carbons (Fsp3) is 0.368. The molecule has 25 heavy (non-hydrogen) atoms. The van der Waals surface area contributed by atoms with Gasteiger partial charge < -0.3 is 14.6 Å². The van der Waals surface area contributed by atoms with Crippen LogP contribution < -0.4 is 4.90 Å². The highest BCUT2D eigenvalue weighted by Gasteiger charge is 2.30. The predicted molar refractivity (Wildman–Crippen MR) is 101 cm³/mol. The van der Waals surface area contributed by atoms with Crippen LogP contribution in [0.3, 0.4) is 0 Å². The SMILES string of the molecule is Cn1ccnc1C(O)C1CCCN(c2nc(-c3ccccc3)cs2)C1. The molecule has 1 aliphatic rings.